The van der Waals surface area contributed by atoms with Crippen LogP contribution in [0.25, 0.3) is 0 Å². The Morgan fingerprint density at radius 1 is 1.12 bits per heavy atom. The van der Waals surface area contributed by atoms with Crippen molar-refractivity contribution >= 4 is 21.6 Å². The van der Waals surface area contributed by atoms with Crippen molar-refractivity contribution in [1.29, 1.82) is 0 Å². The summed E-state index contributed by atoms with van der Waals surface area (Å²) >= 11 is 0. The summed E-state index contributed by atoms with van der Waals surface area (Å²) in [5.74, 6) is -0.746. The fourth-order valence-corrected chi connectivity index (χ4v) is 3.62. The van der Waals surface area contributed by atoms with E-state index >= 15 is 0 Å². The highest BCUT2D eigenvalue weighted by atomic mass is 32.2. The van der Waals surface area contributed by atoms with Crippen molar-refractivity contribution in [3.8, 4) is 0 Å². The molecule has 0 aromatic heterocycles. The average Bonchev–Trinajstić information content (AvgIpc) is 3.30. The van der Waals surface area contributed by atoms with Gasteiger partial charge in [-0.25, -0.2) is 17.5 Å². The van der Waals surface area contributed by atoms with Gasteiger partial charge in [-0.3, -0.25) is 4.79 Å². The number of amides is 1. The predicted molar refractivity (Wildman–Crippen MR) is 88.5 cm³/mol. The second kappa shape index (κ2) is 6.70. The molecule has 1 amide bonds. The van der Waals surface area contributed by atoms with E-state index in [1.165, 1.54) is 30.3 Å². The minimum Gasteiger partial charge on any atom is -0.326 e. The standard InChI is InChI=1S/C17H17FN2O3S/c18-13-4-1-3-12(9-13)10-17(21)19-15-5-2-6-16(11-15)24(22,23)20-14-7-8-14/h1-6,9,11,14,20H,7-8,10H2,(H,19,21). The molecule has 3 rings (SSSR count). The second-order valence-corrected chi connectivity index (χ2v) is 7.49. The van der Waals surface area contributed by atoms with E-state index in [9.17, 15) is 17.6 Å². The first-order valence-corrected chi connectivity index (χ1v) is 9.07. The quantitative estimate of drug-likeness (QED) is 0.842. The van der Waals surface area contributed by atoms with Crippen molar-refractivity contribution in [2.45, 2.75) is 30.2 Å². The summed E-state index contributed by atoms with van der Waals surface area (Å²) in [6.07, 6.45) is 1.71. The van der Waals surface area contributed by atoms with Crippen molar-refractivity contribution in [2.75, 3.05) is 5.32 Å². The summed E-state index contributed by atoms with van der Waals surface area (Å²) in [4.78, 5) is 12.2. The van der Waals surface area contributed by atoms with E-state index in [-0.39, 0.29) is 23.3 Å². The highest BCUT2D eigenvalue weighted by Gasteiger charge is 2.28. The molecule has 0 atom stereocenters. The van der Waals surface area contributed by atoms with Crippen LogP contribution in [0, 0.1) is 5.82 Å². The lowest BCUT2D eigenvalue weighted by Gasteiger charge is -2.09. The number of carbonyl (C=O) groups excluding carboxylic acids is 1. The van der Waals surface area contributed by atoms with Crippen LogP contribution >= 0.6 is 0 Å². The topological polar surface area (TPSA) is 75.3 Å². The molecule has 0 aliphatic heterocycles. The van der Waals surface area contributed by atoms with E-state index in [1.54, 1.807) is 18.2 Å². The molecule has 0 radical (unpaired) electrons. The maximum absolute atomic E-state index is 13.1. The molecule has 1 aliphatic carbocycles. The van der Waals surface area contributed by atoms with Crippen LogP contribution in [0.15, 0.2) is 53.4 Å². The Hall–Kier alpha value is -2.25. The van der Waals surface area contributed by atoms with Gasteiger partial charge >= 0.3 is 0 Å². The van der Waals surface area contributed by atoms with Crippen LogP contribution in [-0.2, 0) is 21.2 Å². The number of hydrogen-bond acceptors (Lipinski definition) is 3. The van der Waals surface area contributed by atoms with Gasteiger partial charge in [0.2, 0.25) is 15.9 Å². The maximum atomic E-state index is 13.1. The minimum absolute atomic E-state index is 0.00899. The number of nitrogens with one attached hydrogen (secondary N) is 2. The molecule has 2 aromatic rings. The smallest absolute Gasteiger partial charge is 0.240 e. The fraction of sp³-hybridized carbons (Fsp3) is 0.235. The summed E-state index contributed by atoms with van der Waals surface area (Å²) < 4.78 is 40.1. The molecule has 0 bridgehead atoms. The molecule has 1 aliphatic rings. The van der Waals surface area contributed by atoms with Crippen LogP contribution in [0.4, 0.5) is 10.1 Å². The number of sulfonamides is 1. The lowest BCUT2D eigenvalue weighted by Crippen LogP contribution is -2.25. The summed E-state index contributed by atoms with van der Waals surface area (Å²) in [6.45, 7) is 0. The van der Waals surface area contributed by atoms with Gasteiger partial charge < -0.3 is 5.32 Å². The number of rotatable bonds is 6. The van der Waals surface area contributed by atoms with Crippen LogP contribution in [0.2, 0.25) is 0 Å². The van der Waals surface area contributed by atoms with Crippen molar-refractivity contribution in [3.05, 3.63) is 59.9 Å². The van der Waals surface area contributed by atoms with Crippen molar-refractivity contribution < 1.29 is 17.6 Å². The Bertz CT molecular complexity index is 864. The van der Waals surface area contributed by atoms with E-state index in [4.69, 9.17) is 0 Å². The zero-order chi connectivity index (χ0) is 17.2. The van der Waals surface area contributed by atoms with Gasteiger partial charge in [0.25, 0.3) is 0 Å². The molecule has 1 saturated carbocycles. The first-order valence-electron chi connectivity index (χ1n) is 7.59. The summed E-state index contributed by atoms with van der Waals surface area (Å²) in [5.41, 5.74) is 0.932. The molecular weight excluding hydrogens is 331 g/mol. The van der Waals surface area contributed by atoms with Crippen LogP contribution in [-0.4, -0.2) is 20.4 Å². The number of halogens is 1. The molecule has 0 heterocycles. The van der Waals surface area contributed by atoms with Crippen molar-refractivity contribution in [3.63, 3.8) is 0 Å². The minimum atomic E-state index is -3.57. The largest absolute Gasteiger partial charge is 0.326 e. The molecule has 7 heteroatoms. The third kappa shape index (κ3) is 4.39. The van der Waals surface area contributed by atoms with E-state index in [0.29, 0.717) is 11.3 Å². The van der Waals surface area contributed by atoms with E-state index in [1.807, 2.05) is 0 Å². The van der Waals surface area contributed by atoms with Gasteiger partial charge in [-0.15, -0.1) is 0 Å². The number of hydrogen-bond donors (Lipinski definition) is 2. The Balaban J connectivity index is 1.68. The van der Waals surface area contributed by atoms with E-state index in [2.05, 4.69) is 10.0 Å². The molecule has 2 N–H and O–H groups in total. The Morgan fingerprint density at radius 3 is 2.58 bits per heavy atom. The molecule has 0 saturated heterocycles. The van der Waals surface area contributed by atoms with Crippen molar-refractivity contribution in [2.24, 2.45) is 0 Å². The lowest BCUT2D eigenvalue weighted by molar-refractivity contribution is -0.115. The zero-order valence-corrected chi connectivity index (χ0v) is 13.6. The van der Waals surface area contributed by atoms with Gasteiger partial charge in [0.15, 0.2) is 0 Å². The van der Waals surface area contributed by atoms with Gasteiger partial charge in [0.1, 0.15) is 5.82 Å². The zero-order valence-electron chi connectivity index (χ0n) is 12.8. The van der Waals surface area contributed by atoms with Crippen LogP contribution in [0.1, 0.15) is 18.4 Å². The summed E-state index contributed by atoms with van der Waals surface area (Å²) in [5, 5.41) is 2.64. The second-order valence-electron chi connectivity index (χ2n) is 5.78. The molecular formula is C17H17FN2O3S. The van der Waals surface area contributed by atoms with Gasteiger partial charge in [-0.05, 0) is 48.7 Å². The normalized spacial score (nSPS) is 14.4. The maximum Gasteiger partial charge on any atom is 0.240 e. The lowest BCUT2D eigenvalue weighted by atomic mass is 10.1. The van der Waals surface area contributed by atoms with Gasteiger partial charge in [0.05, 0.1) is 11.3 Å². The molecule has 0 unspecified atom stereocenters. The predicted octanol–water partition coefficient (Wildman–Crippen LogP) is 2.45. The Kier molecular flexibility index (Phi) is 4.64. The molecule has 24 heavy (non-hydrogen) atoms. The SMILES string of the molecule is O=C(Cc1cccc(F)c1)Nc1cccc(S(=O)(=O)NC2CC2)c1. The molecule has 5 nitrogen and oxygen atoms in total. The third-order valence-corrected chi connectivity index (χ3v) is 5.10. The van der Waals surface area contributed by atoms with Crippen LogP contribution < -0.4 is 10.0 Å². The number of carbonyl (C=O) groups is 1. The number of benzene rings is 2. The fourth-order valence-electron chi connectivity index (χ4n) is 2.27. The molecule has 126 valence electrons. The first kappa shape index (κ1) is 16.6. The van der Waals surface area contributed by atoms with Gasteiger partial charge in [-0.2, -0.15) is 0 Å². The first-order chi connectivity index (χ1) is 11.4. The molecule has 0 spiro atoms. The Morgan fingerprint density at radius 2 is 1.88 bits per heavy atom. The highest BCUT2D eigenvalue weighted by Crippen LogP contribution is 2.23. The number of anilines is 1. The monoisotopic (exact) mass is 348 g/mol. The summed E-state index contributed by atoms with van der Waals surface area (Å²) in [7, 11) is -3.57. The summed E-state index contributed by atoms with van der Waals surface area (Å²) in [6, 6.07) is 11.9. The molecule has 2 aromatic carbocycles. The highest BCUT2D eigenvalue weighted by molar-refractivity contribution is 7.89. The van der Waals surface area contributed by atoms with Crippen LogP contribution in [0.3, 0.4) is 0 Å². The molecule has 1 fully saturated rings. The van der Waals surface area contributed by atoms with E-state index < -0.39 is 15.8 Å². The Labute approximate surface area is 139 Å². The van der Waals surface area contributed by atoms with Crippen molar-refractivity contribution in [1.82, 2.24) is 4.72 Å². The van der Waals surface area contributed by atoms with Crippen LogP contribution in [0.5, 0.6) is 0 Å². The third-order valence-electron chi connectivity index (χ3n) is 3.58. The van der Waals surface area contributed by atoms with Gasteiger partial charge in [-0.1, -0.05) is 18.2 Å². The van der Waals surface area contributed by atoms with Gasteiger partial charge in [0, 0.05) is 11.7 Å². The average molecular weight is 348 g/mol. The van der Waals surface area contributed by atoms with E-state index in [0.717, 1.165) is 12.8 Å².